The van der Waals surface area contributed by atoms with Gasteiger partial charge < -0.3 is 16.0 Å². The summed E-state index contributed by atoms with van der Waals surface area (Å²) >= 11 is 1.97. The third kappa shape index (κ3) is 4.27. The molecule has 2 aliphatic carbocycles. The van der Waals surface area contributed by atoms with E-state index < -0.39 is 0 Å². The van der Waals surface area contributed by atoms with Crippen molar-refractivity contribution in [3.8, 4) is 10.4 Å². The van der Waals surface area contributed by atoms with Gasteiger partial charge in [-0.2, -0.15) is 0 Å². The Bertz CT molecular complexity index is 1520. The van der Waals surface area contributed by atoms with Gasteiger partial charge in [-0.15, -0.1) is 11.3 Å². The van der Waals surface area contributed by atoms with Crippen LogP contribution < -0.4 is 16.0 Å². The molecule has 1 aromatic heterocycles. The molecule has 0 saturated carbocycles. The number of hydrogen-bond acceptors (Lipinski definition) is 4. The van der Waals surface area contributed by atoms with Crippen LogP contribution in [0, 0.1) is 11.8 Å². The van der Waals surface area contributed by atoms with Gasteiger partial charge in [0.25, 0.3) is 0 Å². The van der Waals surface area contributed by atoms with Crippen LogP contribution in [0.25, 0.3) is 31.9 Å². The fraction of sp³-hybridized carbons (Fsp3) is 0.412. The van der Waals surface area contributed by atoms with Gasteiger partial charge in [-0.1, -0.05) is 57.5 Å². The van der Waals surface area contributed by atoms with E-state index in [-0.39, 0.29) is 0 Å². The maximum Gasteiger partial charge on any atom is 0.0986 e. The van der Waals surface area contributed by atoms with Gasteiger partial charge in [0, 0.05) is 37.8 Å². The standard InChI is InChI=1S/C34H41N3S/c1-18(2)30(19(3)4)36-31-21(7)8-9-22-16-23(10-12-25(22)31)29-17-24-11-13-26-27(33(24)38-29)14-15-28-32(26)37-34(35-28)20(5)6/h10-13,16-18,20,34-37H,8-9,14-15H2,1-7H3. The van der Waals surface area contributed by atoms with Crippen LogP contribution in [0.3, 0.4) is 0 Å². The van der Waals surface area contributed by atoms with Crippen LogP contribution in [-0.2, 0) is 12.8 Å². The predicted molar refractivity (Wildman–Crippen MR) is 165 cm³/mol. The number of thiophene rings is 1. The Balaban J connectivity index is 1.34. The van der Waals surface area contributed by atoms with Crippen molar-refractivity contribution in [2.24, 2.45) is 11.8 Å². The second-order valence-electron chi connectivity index (χ2n) is 12.2. The topological polar surface area (TPSA) is 36.1 Å². The van der Waals surface area contributed by atoms with E-state index in [1.807, 2.05) is 11.3 Å². The fourth-order valence-electron chi connectivity index (χ4n) is 6.38. The molecule has 1 atom stereocenters. The zero-order chi connectivity index (χ0) is 26.7. The molecule has 3 nitrogen and oxygen atoms in total. The van der Waals surface area contributed by atoms with E-state index in [0.717, 1.165) is 25.7 Å². The molecule has 0 saturated heterocycles. The molecule has 3 aromatic rings. The molecule has 3 aliphatic rings. The molecule has 0 radical (unpaired) electrons. The van der Waals surface area contributed by atoms with Gasteiger partial charge in [-0.05, 0) is 98.1 Å². The van der Waals surface area contributed by atoms with E-state index in [9.17, 15) is 0 Å². The van der Waals surface area contributed by atoms with Gasteiger partial charge in [-0.25, -0.2) is 0 Å². The Kier molecular flexibility index (Phi) is 6.42. The van der Waals surface area contributed by atoms with Gasteiger partial charge >= 0.3 is 0 Å². The number of aryl methyl sites for hydroxylation is 2. The lowest BCUT2D eigenvalue weighted by Crippen LogP contribution is -2.37. The maximum atomic E-state index is 3.85. The van der Waals surface area contributed by atoms with Crippen molar-refractivity contribution in [1.82, 2.24) is 16.0 Å². The second-order valence-corrected chi connectivity index (χ2v) is 13.3. The van der Waals surface area contributed by atoms with Crippen molar-refractivity contribution in [1.29, 1.82) is 0 Å². The average Bonchev–Trinajstić information content (AvgIpc) is 3.52. The third-order valence-electron chi connectivity index (χ3n) is 8.51. The van der Waals surface area contributed by atoms with Crippen molar-refractivity contribution in [2.45, 2.75) is 80.3 Å². The van der Waals surface area contributed by atoms with E-state index in [4.69, 9.17) is 0 Å². The summed E-state index contributed by atoms with van der Waals surface area (Å²) < 4.78 is 1.46. The first kappa shape index (κ1) is 25.3. The van der Waals surface area contributed by atoms with Crippen LogP contribution in [-0.4, -0.2) is 6.17 Å². The molecule has 4 heteroatoms. The van der Waals surface area contributed by atoms with E-state index >= 15 is 0 Å². The van der Waals surface area contributed by atoms with Crippen LogP contribution in [0.4, 0.5) is 0 Å². The fourth-order valence-corrected chi connectivity index (χ4v) is 7.61. The average molecular weight is 524 g/mol. The van der Waals surface area contributed by atoms with Crippen LogP contribution in [0.5, 0.6) is 0 Å². The lowest BCUT2D eigenvalue weighted by molar-refractivity contribution is 0.421. The smallest absolute Gasteiger partial charge is 0.0986 e. The van der Waals surface area contributed by atoms with Crippen molar-refractivity contribution < 1.29 is 0 Å². The molecule has 1 unspecified atom stereocenters. The molecular weight excluding hydrogens is 482 g/mol. The zero-order valence-corrected chi connectivity index (χ0v) is 24.7. The molecule has 0 fully saturated rings. The number of fused-ring (bicyclic) bond motifs is 5. The summed E-state index contributed by atoms with van der Waals surface area (Å²) in [5.41, 5.74) is 15.3. The molecule has 0 spiro atoms. The molecule has 2 aromatic carbocycles. The maximum absolute atomic E-state index is 3.85. The summed E-state index contributed by atoms with van der Waals surface area (Å²) in [7, 11) is 0. The minimum absolute atomic E-state index is 0.335. The number of benzene rings is 2. The summed E-state index contributed by atoms with van der Waals surface area (Å²) in [6.45, 7) is 15.8. The number of hydrogen-bond donors (Lipinski definition) is 3. The van der Waals surface area contributed by atoms with E-state index in [1.165, 1.54) is 76.7 Å². The summed E-state index contributed by atoms with van der Waals surface area (Å²) in [6, 6.07) is 14.2. The zero-order valence-electron chi connectivity index (χ0n) is 23.9. The summed E-state index contributed by atoms with van der Waals surface area (Å²) in [5.74, 6) is 1.03. The first-order valence-corrected chi connectivity index (χ1v) is 15.1. The van der Waals surface area contributed by atoms with Crippen molar-refractivity contribution in [2.75, 3.05) is 0 Å². The minimum Gasteiger partial charge on any atom is -0.367 e. The predicted octanol–water partition coefficient (Wildman–Crippen LogP) is 8.57. The van der Waals surface area contributed by atoms with Crippen LogP contribution >= 0.6 is 11.3 Å². The molecule has 3 N–H and O–H groups in total. The number of rotatable bonds is 5. The first-order chi connectivity index (χ1) is 18.2. The largest absolute Gasteiger partial charge is 0.367 e. The molecule has 198 valence electrons. The van der Waals surface area contributed by atoms with Crippen molar-refractivity contribution in [3.63, 3.8) is 0 Å². The second kappa shape index (κ2) is 9.64. The van der Waals surface area contributed by atoms with Crippen LogP contribution in [0.2, 0.25) is 0 Å². The monoisotopic (exact) mass is 523 g/mol. The van der Waals surface area contributed by atoms with E-state index in [1.54, 1.807) is 0 Å². The Morgan fingerprint density at radius 3 is 2.45 bits per heavy atom. The van der Waals surface area contributed by atoms with Crippen LogP contribution in [0.15, 0.2) is 58.9 Å². The van der Waals surface area contributed by atoms with Crippen molar-refractivity contribution in [3.05, 3.63) is 81.2 Å². The molecule has 6 rings (SSSR count). The number of allylic oxidation sites excluding steroid dienone is 4. The van der Waals surface area contributed by atoms with Crippen molar-refractivity contribution >= 4 is 32.8 Å². The molecule has 0 bridgehead atoms. The molecule has 2 heterocycles. The third-order valence-corrected chi connectivity index (χ3v) is 9.77. The highest BCUT2D eigenvalue weighted by molar-refractivity contribution is 7.22. The Hall–Kier alpha value is -2.98. The summed E-state index contributed by atoms with van der Waals surface area (Å²) in [4.78, 5) is 1.38. The summed E-state index contributed by atoms with van der Waals surface area (Å²) in [6.07, 6.45) is 4.76. The highest BCUT2D eigenvalue weighted by atomic mass is 32.1. The molecule has 1 aliphatic heterocycles. The quantitative estimate of drug-likeness (QED) is 0.313. The summed E-state index contributed by atoms with van der Waals surface area (Å²) in [5, 5.41) is 12.7. The van der Waals surface area contributed by atoms with Gasteiger partial charge in [0.1, 0.15) is 0 Å². The minimum atomic E-state index is 0.335. The molecular formula is C34H41N3S. The van der Waals surface area contributed by atoms with Gasteiger partial charge in [0.15, 0.2) is 0 Å². The number of nitrogens with one attached hydrogen (secondary N) is 3. The first-order valence-electron chi connectivity index (χ1n) is 14.3. The van der Waals surface area contributed by atoms with Gasteiger partial charge in [-0.3, -0.25) is 0 Å². The molecule has 38 heavy (non-hydrogen) atoms. The highest BCUT2D eigenvalue weighted by Gasteiger charge is 2.30. The Morgan fingerprint density at radius 1 is 0.921 bits per heavy atom. The Labute approximate surface area is 232 Å². The molecule has 0 amide bonds. The lowest BCUT2D eigenvalue weighted by atomic mass is 9.88. The van der Waals surface area contributed by atoms with Gasteiger partial charge in [0.05, 0.1) is 11.9 Å². The van der Waals surface area contributed by atoms with E-state index in [0.29, 0.717) is 18.0 Å². The van der Waals surface area contributed by atoms with E-state index in [2.05, 4.69) is 101 Å². The highest BCUT2D eigenvalue weighted by Crippen LogP contribution is 2.43. The Morgan fingerprint density at radius 2 is 1.71 bits per heavy atom. The van der Waals surface area contributed by atoms with Gasteiger partial charge in [0.2, 0.25) is 0 Å². The van der Waals surface area contributed by atoms with Crippen LogP contribution in [0.1, 0.15) is 83.6 Å². The SMILES string of the molecule is CC(C)=C(NC1=C(C)CCc2cc(-c3cc4ccc5c(c4s3)CCC3=C5NC(C(C)C)N3)ccc21)C(C)C. The lowest BCUT2D eigenvalue weighted by Gasteiger charge is -2.27. The normalized spacial score (nSPS) is 18.4.